The molecule has 100 valence electrons. The summed E-state index contributed by atoms with van der Waals surface area (Å²) < 4.78 is 5.57. The molecule has 2 rings (SSSR count). The Hall–Kier alpha value is -1.75. The van der Waals surface area contributed by atoms with Gasteiger partial charge in [-0.1, -0.05) is 6.92 Å². The number of nitrogens with two attached hydrogens (primary N) is 1. The predicted molar refractivity (Wildman–Crippen MR) is 79.2 cm³/mol. The van der Waals surface area contributed by atoms with Crippen molar-refractivity contribution >= 4 is 33.2 Å². The van der Waals surface area contributed by atoms with Crippen LogP contribution in [-0.4, -0.2) is 12.5 Å². The van der Waals surface area contributed by atoms with Crippen LogP contribution in [0.2, 0.25) is 0 Å². The highest BCUT2D eigenvalue weighted by molar-refractivity contribution is 9.10. The lowest BCUT2D eigenvalue weighted by Crippen LogP contribution is -2.31. The van der Waals surface area contributed by atoms with Crippen molar-refractivity contribution in [1.29, 1.82) is 0 Å². The summed E-state index contributed by atoms with van der Waals surface area (Å²) in [6, 6.07) is 8.92. The lowest BCUT2D eigenvalue weighted by molar-refractivity contribution is 0.0985. The molecule has 1 heterocycles. The molecule has 4 nitrogen and oxygen atoms in total. The number of hydrogen-bond donors (Lipinski definition) is 1. The van der Waals surface area contributed by atoms with Gasteiger partial charge in [-0.25, -0.2) is 0 Å². The molecule has 0 aliphatic rings. The van der Waals surface area contributed by atoms with E-state index in [1.165, 1.54) is 6.26 Å². The van der Waals surface area contributed by atoms with Crippen molar-refractivity contribution in [3.63, 3.8) is 0 Å². The van der Waals surface area contributed by atoms with E-state index in [0.29, 0.717) is 22.5 Å². The van der Waals surface area contributed by atoms with Crippen molar-refractivity contribution in [3.8, 4) is 0 Å². The Morgan fingerprint density at radius 2 is 2.00 bits per heavy atom. The van der Waals surface area contributed by atoms with Crippen LogP contribution in [0.5, 0.6) is 0 Å². The number of nitrogen functional groups attached to an aromatic ring is 1. The average molecular weight is 323 g/mol. The summed E-state index contributed by atoms with van der Waals surface area (Å²) in [5.74, 6) is -0.0905. The summed E-state index contributed by atoms with van der Waals surface area (Å²) in [5.41, 5.74) is 7.69. The van der Waals surface area contributed by atoms with Crippen molar-refractivity contribution in [2.75, 3.05) is 17.2 Å². The molecule has 2 aromatic rings. The van der Waals surface area contributed by atoms with Gasteiger partial charge in [0.2, 0.25) is 0 Å². The number of benzene rings is 1. The third-order valence-corrected chi connectivity index (χ3v) is 3.36. The lowest BCUT2D eigenvalue weighted by Gasteiger charge is -2.22. The minimum atomic E-state index is -0.0905. The van der Waals surface area contributed by atoms with Gasteiger partial charge in [0.05, 0.1) is 11.8 Å². The van der Waals surface area contributed by atoms with E-state index in [4.69, 9.17) is 10.2 Å². The Balaban J connectivity index is 2.32. The topological polar surface area (TPSA) is 59.5 Å². The molecule has 5 heteroatoms. The largest absolute Gasteiger partial charge is 0.457 e. The minimum Gasteiger partial charge on any atom is -0.457 e. The first-order chi connectivity index (χ1) is 9.13. The van der Waals surface area contributed by atoms with Crippen molar-refractivity contribution in [2.24, 2.45) is 0 Å². The highest BCUT2D eigenvalue weighted by Gasteiger charge is 2.20. The molecule has 0 saturated heterocycles. The summed E-state index contributed by atoms with van der Waals surface area (Å²) in [6.07, 6.45) is 2.36. The third-order valence-electron chi connectivity index (χ3n) is 2.75. The third kappa shape index (κ3) is 2.98. The van der Waals surface area contributed by atoms with Crippen LogP contribution < -0.4 is 10.6 Å². The summed E-state index contributed by atoms with van der Waals surface area (Å²) in [7, 11) is 0. The fraction of sp³-hybridized carbons (Fsp3) is 0.214. The molecule has 1 amide bonds. The van der Waals surface area contributed by atoms with Crippen LogP contribution in [0.4, 0.5) is 11.4 Å². The average Bonchev–Trinajstić information content (AvgIpc) is 2.83. The Labute approximate surface area is 120 Å². The fourth-order valence-electron chi connectivity index (χ4n) is 1.82. The Bertz CT molecular complexity index is 563. The number of halogens is 1. The van der Waals surface area contributed by atoms with Crippen LogP contribution in [0.3, 0.4) is 0 Å². The molecule has 1 aromatic heterocycles. The van der Waals surface area contributed by atoms with Gasteiger partial charge in [0.15, 0.2) is 4.67 Å². The Kier molecular flexibility index (Phi) is 4.27. The summed E-state index contributed by atoms with van der Waals surface area (Å²) >= 11 is 3.24. The van der Waals surface area contributed by atoms with Crippen LogP contribution >= 0.6 is 15.9 Å². The molecule has 1 aromatic carbocycles. The molecule has 19 heavy (non-hydrogen) atoms. The second-order valence-electron chi connectivity index (χ2n) is 4.16. The van der Waals surface area contributed by atoms with E-state index in [-0.39, 0.29) is 5.91 Å². The number of amides is 1. The van der Waals surface area contributed by atoms with E-state index < -0.39 is 0 Å². The van der Waals surface area contributed by atoms with Gasteiger partial charge in [0.1, 0.15) is 0 Å². The molecule has 0 aliphatic carbocycles. The van der Waals surface area contributed by atoms with E-state index in [2.05, 4.69) is 15.9 Å². The second-order valence-corrected chi connectivity index (χ2v) is 4.88. The Morgan fingerprint density at radius 3 is 2.53 bits per heavy atom. The molecule has 0 saturated carbocycles. The van der Waals surface area contributed by atoms with Gasteiger partial charge in [-0.15, -0.1) is 0 Å². The Morgan fingerprint density at radius 1 is 1.32 bits per heavy atom. The number of furan rings is 1. The molecule has 0 unspecified atom stereocenters. The molecule has 0 atom stereocenters. The highest BCUT2D eigenvalue weighted by Crippen LogP contribution is 2.24. The predicted octanol–water partition coefficient (Wildman–Crippen LogP) is 3.68. The van der Waals surface area contributed by atoms with Gasteiger partial charge in [0.25, 0.3) is 5.91 Å². The van der Waals surface area contributed by atoms with E-state index >= 15 is 0 Å². The van der Waals surface area contributed by atoms with E-state index in [1.54, 1.807) is 23.1 Å². The maximum atomic E-state index is 12.5. The van der Waals surface area contributed by atoms with Crippen LogP contribution in [0.25, 0.3) is 0 Å². The maximum absolute atomic E-state index is 12.5. The zero-order valence-electron chi connectivity index (χ0n) is 10.6. The summed E-state index contributed by atoms with van der Waals surface area (Å²) in [4.78, 5) is 14.2. The van der Waals surface area contributed by atoms with Gasteiger partial charge in [-0.3, -0.25) is 4.79 Å². The quantitative estimate of drug-likeness (QED) is 0.873. The van der Waals surface area contributed by atoms with Crippen LogP contribution in [-0.2, 0) is 0 Å². The zero-order chi connectivity index (χ0) is 13.8. The van der Waals surface area contributed by atoms with Crippen molar-refractivity contribution in [3.05, 3.63) is 46.8 Å². The van der Waals surface area contributed by atoms with Crippen molar-refractivity contribution in [2.45, 2.75) is 13.3 Å². The first kappa shape index (κ1) is 13.7. The highest BCUT2D eigenvalue weighted by atomic mass is 79.9. The standard InChI is InChI=1S/C14H15BrN2O2/c1-2-8-17(11-5-3-10(16)4-6-11)14(18)12-7-9-19-13(12)15/h3-7,9H,2,8,16H2,1H3. The number of rotatable bonds is 4. The van der Waals surface area contributed by atoms with Crippen molar-refractivity contribution in [1.82, 2.24) is 0 Å². The first-order valence-corrected chi connectivity index (χ1v) is 6.83. The molecular weight excluding hydrogens is 308 g/mol. The number of carbonyl (C=O) groups is 1. The van der Waals surface area contributed by atoms with Crippen LogP contribution in [0.1, 0.15) is 23.7 Å². The molecule has 0 spiro atoms. The lowest BCUT2D eigenvalue weighted by atomic mass is 10.2. The normalized spacial score (nSPS) is 10.4. The zero-order valence-corrected chi connectivity index (χ0v) is 12.2. The molecular formula is C14H15BrN2O2. The summed E-state index contributed by atoms with van der Waals surface area (Å²) in [5, 5.41) is 0. The molecule has 0 bridgehead atoms. The smallest absolute Gasteiger partial charge is 0.262 e. The van der Waals surface area contributed by atoms with E-state index in [9.17, 15) is 4.79 Å². The second kappa shape index (κ2) is 5.93. The SMILES string of the molecule is CCCN(C(=O)c1ccoc1Br)c1ccc(N)cc1. The van der Waals surface area contributed by atoms with E-state index in [1.807, 2.05) is 19.1 Å². The molecule has 2 N–H and O–H groups in total. The molecule has 0 fully saturated rings. The fourth-order valence-corrected chi connectivity index (χ4v) is 2.23. The minimum absolute atomic E-state index is 0.0905. The van der Waals surface area contributed by atoms with Gasteiger partial charge in [0, 0.05) is 17.9 Å². The monoisotopic (exact) mass is 322 g/mol. The first-order valence-electron chi connectivity index (χ1n) is 6.04. The van der Waals surface area contributed by atoms with Gasteiger partial charge >= 0.3 is 0 Å². The molecule has 0 aliphatic heterocycles. The summed E-state index contributed by atoms with van der Waals surface area (Å²) in [6.45, 7) is 2.67. The maximum Gasteiger partial charge on any atom is 0.262 e. The number of hydrogen-bond acceptors (Lipinski definition) is 3. The van der Waals surface area contributed by atoms with Crippen LogP contribution in [0.15, 0.2) is 45.7 Å². The number of nitrogens with zero attached hydrogens (tertiary/aromatic N) is 1. The molecule has 0 radical (unpaired) electrons. The van der Waals surface area contributed by atoms with Gasteiger partial charge < -0.3 is 15.1 Å². The van der Waals surface area contributed by atoms with Gasteiger partial charge in [-0.2, -0.15) is 0 Å². The van der Waals surface area contributed by atoms with Crippen LogP contribution in [0, 0.1) is 0 Å². The number of anilines is 2. The van der Waals surface area contributed by atoms with Crippen molar-refractivity contribution < 1.29 is 9.21 Å². The number of carbonyl (C=O) groups excluding carboxylic acids is 1. The van der Waals surface area contributed by atoms with E-state index in [0.717, 1.165) is 12.1 Å². The van der Waals surface area contributed by atoms with Gasteiger partial charge in [-0.05, 0) is 52.7 Å².